The molecule has 0 unspecified atom stereocenters. The van der Waals surface area contributed by atoms with E-state index in [0.717, 1.165) is 19.4 Å². The molecular weight excluding hydrogens is 168 g/mol. The van der Waals surface area contributed by atoms with Gasteiger partial charge in [-0.05, 0) is 32.9 Å². The van der Waals surface area contributed by atoms with Crippen LogP contribution in [0.3, 0.4) is 0 Å². The Morgan fingerprint density at radius 1 is 1.50 bits per heavy atom. The number of aryl methyl sites for hydroxylation is 1. The third-order valence-corrected chi connectivity index (χ3v) is 2.80. The molecule has 0 atom stereocenters. The molecule has 0 saturated carbocycles. The largest absolute Gasteiger partial charge is 0.319 e. The van der Waals surface area contributed by atoms with Gasteiger partial charge in [-0.25, -0.2) is 4.98 Å². The molecule has 0 fully saturated rings. The minimum Gasteiger partial charge on any atom is -0.319 e. The average molecular weight is 184 g/mol. The van der Waals surface area contributed by atoms with Gasteiger partial charge in [0.1, 0.15) is 0 Å². The summed E-state index contributed by atoms with van der Waals surface area (Å²) in [6.07, 6.45) is 5.44. The van der Waals surface area contributed by atoms with Gasteiger partial charge in [0.05, 0.1) is 5.01 Å². The van der Waals surface area contributed by atoms with E-state index in [0.29, 0.717) is 0 Å². The van der Waals surface area contributed by atoms with Crippen molar-refractivity contribution in [1.29, 1.82) is 0 Å². The normalized spacial score (nSPS) is 10.5. The van der Waals surface area contributed by atoms with Crippen molar-refractivity contribution in [3.8, 4) is 0 Å². The fraction of sp³-hybridized carbons (Fsp3) is 0.667. The van der Waals surface area contributed by atoms with Crippen LogP contribution in [0.15, 0.2) is 6.20 Å². The summed E-state index contributed by atoms with van der Waals surface area (Å²) in [6, 6.07) is 0. The van der Waals surface area contributed by atoms with E-state index >= 15 is 0 Å². The molecule has 0 aliphatic rings. The summed E-state index contributed by atoms with van der Waals surface area (Å²) in [5.74, 6) is 0. The molecular formula is C9H16N2S. The van der Waals surface area contributed by atoms with E-state index in [1.165, 1.54) is 16.3 Å². The zero-order valence-electron chi connectivity index (χ0n) is 7.76. The van der Waals surface area contributed by atoms with E-state index < -0.39 is 0 Å². The van der Waals surface area contributed by atoms with Crippen molar-refractivity contribution in [1.82, 2.24) is 10.3 Å². The number of hydrogen-bond donors (Lipinski definition) is 1. The van der Waals surface area contributed by atoms with Gasteiger partial charge >= 0.3 is 0 Å². The molecule has 2 nitrogen and oxygen atoms in total. The summed E-state index contributed by atoms with van der Waals surface area (Å²) in [5.41, 5.74) is 0. The number of likely N-dealkylation sites (N-methyl/N-ethyl adjacent to an activating group) is 1. The third kappa shape index (κ3) is 2.91. The lowest BCUT2D eigenvalue weighted by Gasteiger charge is -1.93. The van der Waals surface area contributed by atoms with E-state index in [1.54, 1.807) is 0 Å². The van der Waals surface area contributed by atoms with Crippen LogP contribution in [0.25, 0.3) is 0 Å². The summed E-state index contributed by atoms with van der Waals surface area (Å²) in [5, 5.41) is 4.42. The quantitative estimate of drug-likeness (QED) is 0.755. The van der Waals surface area contributed by atoms with Crippen LogP contribution in [-0.4, -0.2) is 18.6 Å². The smallest absolute Gasteiger partial charge is 0.0927 e. The first-order chi connectivity index (χ1) is 5.86. The highest BCUT2D eigenvalue weighted by Gasteiger charge is 1.99. The summed E-state index contributed by atoms with van der Waals surface area (Å²) in [4.78, 5) is 5.75. The Labute approximate surface area is 78.0 Å². The van der Waals surface area contributed by atoms with Crippen molar-refractivity contribution in [2.24, 2.45) is 0 Å². The second-order valence-corrected chi connectivity index (χ2v) is 4.02. The van der Waals surface area contributed by atoms with Crippen LogP contribution < -0.4 is 5.32 Å². The standard InChI is InChI=1S/C9H16N2S/c1-3-4-9-11-7-8(12-9)5-6-10-2/h7,10H,3-6H2,1-2H3. The van der Waals surface area contributed by atoms with Crippen molar-refractivity contribution in [2.45, 2.75) is 26.2 Å². The summed E-state index contributed by atoms with van der Waals surface area (Å²) < 4.78 is 0. The molecule has 12 heavy (non-hydrogen) atoms. The second-order valence-electron chi connectivity index (χ2n) is 2.82. The van der Waals surface area contributed by atoms with Crippen LogP contribution in [-0.2, 0) is 12.8 Å². The number of nitrogens with one attached hydrogen (secondary N) is 1. The van der Waals surface area contributed by atoms with Gasteiger partial charge < -0.3 is 5.32 Å². The zero-order valence-corrected chi connectivity index (χ0v) is 8.58. The summed E-state index contributed by atoms with van der Waals surface area (Å²) in [6.45, 7) is 3.24. The van der Waals surface area contributed by atoms with E-state index in [-0.39, 0.29) is 0 Å². The molecule has 0 aliphatic heterocycles. The number of hydrogen-bond acceptors (Lipinski definition) is 3. The highest BCUT2D eigenvalue weighted by Crippen LogP contribution is 2.14. The fourth-order valence-corrected chi connectivity index (χ4v) is 2.07. The van der Waals surface area contributed by atoms with Crippen LogP contribution in [0.1, 0.15) is 23.2 Å². The molecule has 1 N–H and O–H groups in total. The number of nitrogens with zero attached hydrogens (tertiary/aromatic N) is 1. The predicted octanol–water partition coefficient (Wildman–Crippen LogP) is 1.86. The highest BCUT2D eigenvalue weighted by molar-refractivity contribution is 7.11. The first kappa shape index (κ1) is 9.68. The van der Waals surface area contributed by atoms with Crippen LogP contribution in [0, 0.1) is 0 Å². The van der Waals surface area contributed by atoms with Gasteiger partial charge in [0.25, 0.3) is 0 Å². The molecule has 1 heterocycles. The van der Waals surface area contributed by atoms with Crippen LogP contribution in [0.4, 0.5) is 0 Å². The predicted molar refractivity (Wildman–Crippen MR) is 53.7 cm³/mol. The molecule has 0 amide bonds. The van der Waals surface area contributed by atoms with Crippen molar-refractivity contribution < 1.29 is 0 Å². The van der Waals surface area contributed by atoms with E-state index in [1.807, 2.05) is 24.6 Å². The van der Waals surface area contributed by atoms with Gasteiger partial charge in [-0.1, -0.05) is 6.92 Å². The molecule has 0 aromatic carbocycles. The molecule has 0 saturated heterocycles. The molecule has 1 aromatic rings. The SMILES string of the molecule is CCCc1ncc(CCNC)s1. The highest BCUT2D eigenvalue weighted by atomic mass is 32.1. The summed E-state index contributed by atoms with van der Waals surface area (Å²) >= 11 is 1.85. The monoisotopic (exact) mass is 184 g/mol. The maximum atomic E-state index is 4.35. The lowest BCUT2D eigenvalue weighted by atomic mass is 10.3. The van der Waals surface area contributed by atoms with Crippen molar-refractivity contribution in [3.63, 3.8) is 0 Å². The number of rotatable bonds is 5. The van der Waals surface area contributed by atoms with Crippen LogP contribution in [0.5, 0.6) is 0 Å². The molecule has 0 spiro atoms. The molecule has 0 aliphatic carbocycles. The zero-order chi connectivity index (χ0) is 8.81. The summed E-state index contributed by atoms with van der Waals surface area (Å²) in [7, 11) is 1.98. The Morgan fingerprint density at radius 2 is 2.33 bits per heavy atom. The first-order valence-corrected chi connectivity index (χ1v) is 5.26. The Balaban J connectivity index is 2.41. The Kier molecular flexibility index (Phi) is 4.25. The molecule has 0 bridgehead atoms. The van der Waals surface area contributed by atoms with Crippen LogP contribution >= 0.6 is 11.3 Å². The lowest BCUT2D eigenvalue weighted by Crippen LogP contribution is -2.09. The Hall–Kier alpha value is -0.410. The number of aromatic nitrogens is 1. The minimum absolute atomic E-state index is 1.05. The topological polar surface area (TPSA) is 24.9 Å². The Morgan fingerprint density at radius 3 is 3.00 bits per heavy atom. The maximum absolute atomic E-state index is 4.35. The van der Waals surface area contributed by atoms with Gasteiger partial charge in [0, 0.05) is 11.1 Å². The molecule has 0 radical (unpaired) electrons. The molecule has 1 rings (SSSR count). The number of thiazole rings is 1. The lowest BCUT2D eigenvalue weighted by molar-refractivity contribution is 0.798. The van der Waals surface area contributed by atoms with Gasteiger partial charge in [-0.3, -0.25) is 0 Å². The van der Waals surface area contributed by atoms with Gasteiger partial charge in [-0.15, -0.1) is 11.3 Å². The van der Waals surface area contributed by atoms with E-state index in [9.17, 15) is 0 Å². The molecule has 3 heteroatoms. The van der Waals surface area contributed by atoms with E-state index in [2.05, 4.69) is 17.2 Å². The van der Waals surface area contributed by atoms with Crippen molar-refractivity contribution >= 4 is 11.3 Å². The van der Waals surface area contributed by atoms with E-state index in [4.69, 9.17) is 0 Å². The van der Waals surface area contributed by atoms with Crippen molar-refractivity contribution in [2.75, 3.05) is 13.6 Å². The first-order valence-electron chi connectivity index (χ1n) is 4.45. The maximum Gasteiger partial charge on any atom is 0.0927 e. The van der Waals surface area contributed by atoms with Crippen LogP contribution in [0.2, 0.25) is 0 Å². The Bertz CT molecular complexity index is 220. The third-order valence-electron chi connectivity index (χ3n) is 1.69. The average Bonchev–Trinajstić information content (AvgIpc) is 2.50. The minimum atomic E-state index is 1.05. The second kappa shape index (κ2) is 5.27. The molecule has 68 valence electrons. The van der Waals surface area contributed by atoms with Gasteiger partial charge in [0.2, 0.25) is 0 Å². The molecule has 1 aromatic heterocycles. The van der Waals surface area contributed by atoms with Crippen molar-refractivity contribution in [3.05, 3.63) is 16.1 Å². The van der Waals surface area contributed by atoms with Gasteiger partial charge in [-0.2, -0.15) is 0 Å². The van der Waals surface area contributed by atoms with Gasteiger partial charge in [0.15, 0.2) is 0 Å². The fourth-order valence-electron chi connectivity index (χ4n) is 1.04.